The van der Waals surface area contributed by atoms with E-state index in [0.717, 1.165) is 34.1 Å². The first-order valence-electron chi connectivity index (χ1n) is 9.89. The second kappa shape index (κ2) is 9.91. The second-order valence-corrected chi connectivity index (χ2v) is 6.55. The largest absolute Gasteiger partial charge is 0.490 e. The van der Waals surface area contributed by atoms with E-state index in [4.69, 9.17) is 18.9 Å². The number of rotatable bonds is 8. The van der Waals surface area contributed by atoms with Gasteiger partial charge in [0.1, 0.15) is 0 Å². The van der Waals surface area contributed by atoms with Crippen molar-refractivity contribution in [3.8, 4) is 23.0 Å². The lowest BCUT2D eigenvalue weighted by Gasteiger charge is -2.20. The van der Waals surface area contributed by atoms with Crippen LogP contribution in [0, 0.1) is 0 Å². The predicted molar refractivity (Wildman–Crippen MR) is 113 cm³/mol. The van der Waals surface area contributed by atoms with Gasteiger partial charge in [0.15, 0.2) is 29.0 Å². The van der Waals surface area contributed by atoms with Crippen molar-refractivity contribution in [3.63, 3.8) is 0 Å². The Bertz CT molecular complexity index is 854. The molecular formula is C22H29N3O4. The quantitative estimate of drug-likeness (QED) is 0.522. The molecule has 29 heavy (non-hydrogen) atoms. The number of ether oxygens (including phenoxy) is 4. The van der Waals surface area contributed by atoms with Crippen molar-refractivity contribution in [3.05, 3.63) is 47.5 Å². The van der Waals surface area contributed by atoms with Gasteiger partial charge in [0.25, 0.3) is 0 Å². The molecule has 2 N–H and O–H groups in total. The standard InChI is InChI=1S/C22H29N3O4/c1-5-26-18-10-8-17(12-21(18)27-6-2)15(3)25-22(23-4)24-13-16-7-9-19-20(11-16)29-14-28-19/h7-12,15H,5-6,13-14H2,1-4H3,(H2,23,24,25). The summed E-state index contributed by atoms with van der Waals surface area (Å²) in [6, 6.07) is 11.9. The summed E-state index contributed by atoms with van der Waals surface area (Å²) in [6.45, 7) is 8.09. The summed E-state index contributed by atoms with van der Waals surface area (Å²) in [4.78, 5) is 4.33. The Hall–Kier alpha value is -3.09. The molecule has 7 nitrogen and oxygen atoms in total. The summed E-state index contributed by atoms with van der Waals surface area (Å²) in [5.74, 6) is 3.78. The number of hydrogen-bond donors (Lipinski definition) is 2. The van der Waals surface area contributed by atoms with Crippen molar-refractivity contribution in [1.82, 2.24) is 10.6 Å². The molecule has 1 heterocycles. The van der Waals surface area contributed by atoms with Gasteiger partial charge in [0.2, 0.25) is 6.79 Å². The van der Waals surface area contributed by atoms with E-state index in [0.29, 0.717) is 25.7 Å². The zero-order chi connectivity index (χ0) is 20.6. The third-order valence-corrected chi connectivity index (χ3v) is 4.54. The van der Waals surface area contributed by atoms with E-state index in [1.54, 1.807) is 7.05 Å². The number of nitrogens with one attached hydrogen (secondary N) is 2. The normalized spacial score (nSPS) is 13.7. The van der Waals surface area contributed by atoms with E-state index < -0.39 is 0 Å². The molecule has 0 radical (unpaired) electrons. The Morgan fingerprint density at radius 3 is 2.55 bits per heavy atom. The Morgan fingerprint density at radius 1 is 1.03 bits per heavy atom. The SMILES string of the molecule is CCOc1ccc(C(C)NC(=NC)NCc2ccc3c(c2)OCO3)cc1OCC. The van der Waals surface area contributed by atoms with Crippen LogP contribution in [0.2, 0.25) is 0 Å². The Balaban J connectivity index is 1.62. The average molecular weight is 399 g/mol. The summed E-state index contributed by atoms with van der Waals surface area (Å²) in [5, 5.41) is 6.75. The molecule has 0 saturated heterocycles. The van der Waals surface area contributed by atoms with E-state index in [-0.39, 0.29) is 12.8 Å². The molecule has 0 bridgehead atoms. The minimum Gasteiger partial charge on any atom is -0.490 e. The lowest BCUT2D eigenvalue weighted by atomic mass is 10.1. The van der Waals surface area contributed by atoms with Crippen LogP contribution in [0.5, 0.6) is 23.0 Å². The van der Waals surface area contributed by atoms with Gasteiger partial charge in [-0.3, -0.25) is 4.99 Å². The highest BCUT2D eigenvalue weighted by Crippen LogP contribution is 2.32. The van der Waals surface area contributed by atoms with Gasteiger partial charge in [0.05, 0.1) is 19.3 Å². The van der Waals surface area contributed by atoms with Crippen molar-refractivity contribution in [2.24, 2.45) is 4.99 Å². The summed E-state index contributed by atoms with van der Waals surface area (Å²) >= 11 is 0. The maximum Gasteiger partial charge on any atom is 0.231 e. The molecule has 0 aromatic heterocycles. The van der Waals surface area contributed by atoms with Gasteiger partial charge in [-0.25, -0.2) is 0 Å². The average Bonchev–Trinajstić information content (AvgIpc) is 3.20. The highest BCUT2D eigenvalue weighted by molar-refractivity contribution is 5.80. The Labute approximate surface area is 172 Å². The third kappa shape index (κ3) is 5.25. The lowest BCUT2D eigenvalue weighted by molar-refractivity contribution is 0.174. The monoisotopic (exact) mass is 399 g/mol. The van der Waals surface area contributed by atoms with Crippen LogP contribution in [0.15, 0.2) is 41.4 Å². The molecule has 2 aromatic carbocycles. The summed E-state index contributed by atoms with van der Waals surface area (Å²) in [5.41, 5.74) is 2.17. The topological polar surface area (TPSA) is 73.3 Å². The van der Waals surface area contributed by atoms with E-state index in [2.05, 4.69) is 22.5 Å². The van der Waals surface area contributed by atoms with Crippen molar-refractivity contribution in [2.45, 2.75) is 33.4 Å². The number of aliphatic imine (C=N–C) groups is 1. The fraction of sp³-hybridized carbons (Fsp3) is 0.409. The number of fused-ring (bicyclic) bond motifs is 1. The molecule has 0 spiro atoms. The van der Waals surface area contributed by atoms with Gasteiger partial charge < -0.3 is 29.6 Å². The Kier molecular flexibility index (Phi) is 7.05. The van der Waals surface area contributed by atoms with Crippen LogP contribution < -0.4 is 29.6 Å². The highest BCUT2D eigenvalue weighted by Gasteiger charge is 2.15. The first-order chi connectivity index (χ1) is 14.1. The minimum atomic E-state index is 0.0350. The molecule has 0 saturated carbocycles. The van der Waals surface area contributed by atoms with E-state index in [1.165, 1.54) is 0 Å². The van der Waals surface area contributed by atoms with Crippen LogP contribution >= 0.6 is 0 Å². The van der Waals surface area contributed by atoms with Gasteiger partial charge >= 0.3 is 0 Å². The number of benzene rings is 2. The number of hydrogen-bond acceptors (Lipinski definition) is 5. The van der Waals surface area contributed by atoms with Crippen molar-refractivity contribution in [1.29, 1.82) is 0 Å². The molecule has 0 fully saturated rings. The van der Waals surface area contributed by atoms with Crippen molar-refractivity contribution >= 4 is 5.96 Å². The van der Waals surface area contributed by atoms with Gasteiger partial charge in [-0.1, -0.05) is 12.1 Å². The van der Waals surface area contributed by atoms with Crippen LogP contribution in [0.4, 0.5) is 0 Å². The van der Waals surface area contributed by atoms with Crippen LogP contribution in [0.1, 0.15) is 37.9 Å². The molecule has 1 unspecified atom stereocenters. The molecule has 1 aliphatic rings. The van der Waals surface area contributed by atoms with Crippen LogP contribution in [0.3, 0.4) is 0 Å². The maximum atomic E-state index is 5.73. The summed E-state index contributed by atoms with van der Waals surface area (Å²) < 4.78 is 22.2. The Morgan fingerprint density at radius 2 is 1.79 bits per heavy atom. The number of guanidine groups is 1. The highest BCUT2D eigenvalue weighted by atomic mass is 16.7. The van der Waals surface area contributed by atoms with Gasteiger partial charge in [-0.05, 0) is 56.2 Å². The molecule has 2 aromatic rings. The second-order valence-electron chi connectivity index (χ2n) is 6.55. The minimum absolute atomic E-state index is 0.0350. The van der Waals surface area contributed by atoms with Gasteiger partial charge in [-0.15, -0.1) is 0 Å². The zero-order valence-corrected chi connectivity index (χ0v) is 17.5. The van der Waals surface area contributed by atoms with Gasteiger partial charge in [-0.2, -0.15) is 0 Å². The van der Waals surface area contributed by atoms with E-state index >= 15 is 0 Å². The number of nitrogens with zero attached hydrogens (tertiary/aromatic N) is 1. The molecule has 156 valence electrons. The molecular weight excluding hydrogens is 370 g/mol. The fourth-order valence-electron chi connectivity index (χ4n) is 3.06. The molecule has 1 atom stereocenters. The first kappa shape index (κ1) is 20.6. The summed E-state index contributed by atoms with van der Waals surface area (Å²) in [7, 11) is 1.76. The van der Waals surface area contributed by atoms with Crippen LogP contribution in [-0.2, 0) is 6.54 Å². The molecule has 0 amide bonds. The predicted octanol–water partition coefficient (Wildman–Crippen LogP) is 3.64. The zero-order valence-electron chi connectivity index (χ0n) is 17.5. The van der Waals surface area contributed by atoms with E-state index in [9.17, 15) is 0 Å². The van der Waals surface area contributed by atoms with Crippen LogP contribution in [0.25, 0.3) is 0 Å². The lowest BCUT2D eigenvalue weighted by Crippen LogP contribution is -2.38. The smallest absolute Gasteiger partial charge is 0.231 e. The summed E-state index contributed by atoms with van der Waals surface area (Å²) in [6.07, 6.45) is 0. The third-order valence-electron chi connectivity index (χ3n) is 4.54. The van der Waals surface area contributed by atoms with Crippen molar-refractivity contribution in [2.75, 3.05) is 27.1 Å². The molecule has 7 heteroatoms. The van der Waals surface area contributed by atoms with Crippen molar-refractivity contribution < 1.29 is 18.9 Å². The molecule has 3 rings (SSSR count). The van der Waals surface area contributed by atoms with E-state index in [1.807, 2.05) is 50.2 Å². The molecule has 1 aliphatic heterocycles. The van der Waals surface area contributed by atoms with Crippen LogP contribution in [-0.4, -0.2) is 33.0 Å². The molecule has 0 aliphatic carbocycles. The first-order valence-corrected chi connectivity index (χ1v) is 9.89. The fourth-order valence-corrected chi connectivity index (χ4v) is 3.06. The maximum absolute atomic E-state index is 5.73. The van der Waals surface area contributed by atoms with Gasteiger partial charge in [0, 0.05) is 13.6 Å².